The van der Waals surface area contributed by atoms with E-state index in [0.717, 1.165) is 0 Å². The standard InChI is InChI=1S/C14H28N2O4/c1-8-19-11(17)9-10(15)14(5,6)16(7)12(18)20-13(2,3)4/h10H,8-9,15H2,1-7H3. The first-order valence-corrected chi connectivity index (χ1v) is 6.79. The van der Waals surface area contributed by atoms with Gasteiger partial charge in [0.15, 0.2) is 0 Å². The van der Waals surface area contributed by atoms with Crippen LogP contribution in [0.15, 0.2) is 0 Å². The van der Waals surface area contributed by atoms with Crippen molar-refractivity contribution < 1.29 is 19.1 Å². The second-order valence-corrected chi connectivity index (χ2v) is 6.31. The molecular weight excluding hydrogens is 260 g/mol. The van der Waals surface area contributed by atoms with E-state index < -0.39 is 23.3 Å². The highest BCUT2D eigenvalue weighted by atomic mass is 16.6. The van der Waals surface area contributed by atoms with E-state index in [2.05, 4.69) is 0 Å². The van der Waals surface area contributed by atoms with E-state index in [4.69, 9.17) is 15.2 Å². The number of carbonyl (C=O) groups is 2. The second-order valence-electron chi connectivity index (χ2n) is 6.31. The van der Waals surface area contributed by atoms with E-state index in [1.807, 2.05) is 0 Å². The van der Waals surface area contributed by atoms with E-state index in [9.17, 15) is 9.59 Å². The van der Waals surface area contributed by atoms with Crippen LogP contribution in [-0.2, 0) is 14.3 Å². The maximum Gasteiger partial charge on any atom is 0.410 e. The first-order chi connectivity index (χ1) is 8.91. The highest BCUT2D eigenvalue weighted by Crippen LogP contribution is 2.21. The molecule has 0 aliphatic carbocycles. The molecule has 6 heteroatoms. The Morgan fingerprint density at radius 3 is 2.10 bits per heavy atom. The average Bonchev–Trinajstić information content (AvgIpc) is 2.25. The Hall–Kier alpha value is -1.30. The fraction of sp³-hybridized carbons (Fsp3) is 0.857. The number of rotatable bonds is 5. The molecule has 118 valence electrons. The van der Waals surface area contributed by atoms with Gasteiger partial charge in [0.2, 0.25) is 0 Å². The fourth-order valence-corrected chi connectivity index (χ4v) is 1.46. The lowest BCUT2D eigenvalue weighted by atomic mass is 9.91. The molecule has 6 nitrogen and oxygen atoms in total. The van der Waals surface area contributed by atoms with Crippen molar-refractivity contribution in [3.8, 4) is 0 Å². The molecule has 0 rings (SSSR count). The minimum Gasteiger partial charge on any atom is -0.466 e. The maximum absolute atomic E-state index is 12.1. The van der Waals surface area contributed by atoms with Gasteiger partial charge in [-0.3, -0.25) is 4.79 Å². The number of amides is 1. The SMILES string of the molecule is CCOC(=O)CC(N)C(C)(C)N(C)C(=O)OC(C)(C)C. The van der Waals surface area contributed by atoms with Gasteiger partial charge in [-0.25, -0.2) is 4.79 Å². The Morgan fingerprint density at radius 2 is 1.70 bits per heavy atom. The van der Waals surface area contributed by atoms with Crippen LogP contribution in [0.5, 0.6) is 0 Å². The number of hydrogen-bond acceptors (Lipinski definition) is 5. The molecule has 1 amide bonds. The van der Waals surface area contributed by atoms with Crippen molar-refractivity contribution in [3.63, 3.8) is 0 Å². The van der Waals surface area contributed by atoms with Crippen molar-refractivity contribution in [1.82, 2.24) is 4.90 Å². The quantitative estimate of drug-likeness (QED) is 0.781. The molecule has 1 unspecified atom stereocenters. The van der Waals surface area contributed by atoms with Gasteiger partial charge in [-0.1, -0.05) is 0 Å². The largest absolute Gasteiger partial charge is 0.466 e. The van der Waals surface area contributed by atoms with Crippen LogP contribution in [-0.4, -0.2) is 47.8 Å². The van der Waals surface area contributed by atoms with Gasteiger partial charge >= 0.3 is 12.1 Å². The van der Waals surface area contributed by atoms with E-state index in [-0.39, 0.29) is 12.4 Å². The van der Waals surface area contributed by atoms with Gasteiger partial charge in [0.05, 0.1) is 18.6 Å². The summed E-state index contributed by atoms with van der Waals surface area (Å²) in [6.07, 6.45) is -0.421. The Bertz CT molecular complexity index is 348. The van der Waals surface area contributed by atoms with Crippen LogP contribution in [0.1, 0.15) is 48.0 Å². The lowest BCUT2D eigenvalue weighted by molar-refractivity contribution is -0.144. The highest BCUT2D eigenvalue weighted by molar-refractivity contribution is 5.71. The van der Waals surface area contributed by atoms with Crippen molar-refractivity contribution in [1.29, 1.82) is 0 Å². The summed E-state index contributed by atoms with van der Waals surface area (Å²) in [6.45, 7) is 11.0. The van der Waals surface area contributed by atoms with E-state index in [1.165, 1.54) is 4.90 Å². The monoisotopic (exact) mass is 288 g/mol. The number of nitrogens with zero attached hydrogens (tertiary/aromatic N) is 1. The second kappa shape index (κ2) is 6.92. The molecule has 0 spiro atoms. The summed E-state index contributed by atoms with van der Waals surface area (Å²) in [5.74, 6) is -0.370. The van der Waals surface area contributed by atoms with Crippen LogP contribution in [0.25, 0.3) is 0 Å². The Morgan fingerprint density at radius 1 is 1.20 bits per heavy atom. The number of hydrogen-bond donors (Lipinski definition) is 1. The first-order valence-electron chi connectivity index (χ1n) is 6.79. The molecule has 0 aromatic carbocycles. The molecule has 2 N–H and O–H groups in total. The van der Waals surface area contributed by atoms with E-state index >= 15 is 0 Å². The van der Waals surface area contributed by atoms with Crippen molar-refractivity contribution in [2.75, 3.05) is 13.7 Å². The number of nitrogens with two attached hydrogens (primary N) is 1. The molecular formula is C14H28N2O4. The van der Waals surface area contributed by atoms with Gasteiger partial charge in [-0.2, -0.15) is 0 Å². The Labute approximate surface area is 121 Å². The molecule has 20 heavy (non-hydrogen) atoms. The number of esters is 1. The molecule has 0 heterocycles. The van der Waals surface area contributed by atoms with Crippen molar-refractivity contribution in [2.45, 2.75) is 65.1 Å². The van der Waals surface area contributed by atoms with Crippen LogP contribution >= 0.6 is 0 Å². The molecule has 0 fully saturated rings. The van der Waals surface area contributed by atoms with E-state index in [0.29, 0.717) is 6.61 Å². The molecule has 1 atom stereocenters. The van der Waals surface area contributed by atoms with Gasteiger partial charge < -0.3 is 20.1 Å². The molecule has 0 saturated carbocycles. The smallest absolute Gasteiger partial charge is 0.410 e. The molecule has 0 aromatic heterocycles. The Kier molecular flexibility index (Phi) is 6.47. The molecule has 0 radical (unpaired) electrons. The van der Waals surface area contributed by atoms with E-state index in [1.54, 1.807) is 48.6 Å². The zero-order valence-corrected chi connectivity index (χ0v) is 13.6. The van der Waals surface area contributed by atoms with Gasteiger partial charge in [-0.05, 0) is 41.5 Å². The minimum absolute atomic E-state index is 0.0496. The highest BCUT2D eigenvalue weighted by Gasteiger charge is 2.37. The van der Waals surface area contributed by atoms with Crippen LogP contribution in [0.4, 0.5) is 4.79 Å². The zero-order chi connectivity index (χ0) is 16.1. The van der Waals surface area contributed by atoms with Crippen LogP contribution in [0, 0.1) is 0 Å². The van der Waals surface area contributed by atoms with Gasteiger partial charge in [0, 0.05) is 13.1 Å². The van der Waals surface area contributed by atoms with Crippen molar-refractivity contribution >= 4 is 12.1 Å². The number of carbonyl (C=O) groups excluding carboxylic acids is 2. The summed E-state index contributed by atoms with van der Waals surface area (Å²) in [6, 6.07) is -0.543. The maximum atomic E-state index is 12.1. The summed E-state index contributed by atoms with van der Waals surface area (Å²) in [7, 11) is 1.61. The first kappa shape index (κ1) is 18.7. The van der Waals surface area contributed by atoms with Crippen LogP contribution in [0.3, 0.4) is 0 Å². The predicted molar refractivity (Wildman–Crippen MR) is 77.3 cm³/mol. The molecule has 0 bridgehead atoms. The van der Waals surface area contributed by atoms with Gasteiger partial charge in [0.25, 0.3) is 0 Å². The lowest BCUT2D eigenvalue weighted by Gasteiger charge is -2.40. The van der Waals surface area contributed by atoms with Gasteiger partial charge in [-0.15, -0.1) is 0 Å². The molecule has 0 aromatic rings. The van der Waals surface area contributed by atoms with Crippen molar-refractivity contribution in [3.05, 3.63) is 0 Å². The molecule has 0 aliphatic rings. The third-order valence-electron chi connectivity index (χ3n) is 3.13. The zero-order valence-electron chi connectivity index (χ0n) is 13.6. The lowest BCUT2D eigenvalue weighted by Crippen LogP contribution is -2.58. The molecule has 0 aliphatic heterocycles. The number of ether oxygens (including phenoxy) is 2. The Balaban J connectivity index is 4.76. The summed E-state index contributed by atoms with van der Waals surface area (Å²) in [4.78, 5) is 25.0. The topological polar surface area (TPSA) is 81.9 Å². The molecule has 0 saturated heterocycles. The third kappa shape index (κ3) is 5.77. The average molecular weight is 288 g/mol. The summed E-state index contributed by atoms with van der Waals surface area (Å²) in [5.41, 5.74) is 4.73. The summed E-state index contributed by atoms with van der Waals surface area (Å²) < 4.78 is 10.2. The fourth-order valence-electron chi connectivity index (χ4n) is 1.46. The summed E-state index contributed by atoms with van der Waals surface area (Å²) in [5, 5.41) is 0. The summed E-state index contributed by atoms with van der Waals surface area (Å²) >= 11 is 0. The van der Waals surface area contributed by atoms with Crippen LogP contribution in [0.2, 0.25) is 0 Å². The van der Waals surface area contributed by atoms with Crippen LogP contribution < -0.4 is 5.73 Å². The predicted octanol–water partition coefficient (Wildman–Crippen LogP) is 1.91. The third-order valence-corrected chi connectivity index (χ3v) is 3.13. The normalized spacial score (nSPS) is 13.6. The van der Waals surface area contributed by atoms with Gasteiger partial charge in [0.1, 0.15) is 5.60 Å². The minimum atomic E-state index is -0.727. The van der Waals surface area contributed by atoms with Crippen molar-refractivity contribution in [2.24, 2.45) is 5.73 Å². The number of likely N-dealkylation sites (N-methyl/N-ethyl adjacent to an activating group) is 1.